The Morgan fingerprint density at radius 1 is 1.08 bits per heavy atom. The van der Waals surface area contributed by atoms with Crippen LogP contribution in [0, 0.1) is 0 Å². The molecule has 26 heavy (non-hydrogen) atoms. The van der Waals surface area contributed by atoms with Gasteiger partial charge in [0, 0.05) is 39.6 Å². The lowest BCUT2D eigenvalue weighted by molar-refractivity contribution is -0.138. The largest absolute Gasteiger partial charge is 0.497 e. The molecule has 0 aromatic heterocycles. The zero-order valence-corrected chi connectivity index (χ0v) is 16.2. The van der Waals surface area contributed by atoms with Crippen molar-refractivity contribution in [1.82, 2.24) is 14.1 Å². The lowest BCUT2D eigenvalue weighted by Gasteiger charge is -2.35. The van der Waals surface area contributed by atoms with Gasteiger partial charge in [0.1, 0.15) is 5.75 Å². The number of carbonyl (C=O) groups excluding carboxylic acids is 2. The van der Waals surface area contributed by atoms with Gasteiger partial charge in [0.15, 0.2) is 0 Å². The highest BCUT2D eigenvalue weighted by molar-refractivity contribution is 7.88. The van der Waals surface area contributed by atoms with Crippen LogP contribution in [0.5, 0.6) is 5.75 Å². The van der Waals surface area contributed by atoms with Crippen LogP contribution < -0.4 is 4.74 Å². The first-order valence-electron chi connectivity index (χ1n) is 8.32. The summed E-state index contributed by atoms with van der Waals surface area (Å²) in [7, 11) is -1.99. The number of piperazine rings is 1. The molecule has 2 rings (SSSR count). The van der Waals surface area contributed by atoms with Crippen LogP contribution in [0.3, 0.4) is 0 Å². The zero-order valence-electron chi connectivity index (χ0n) is 15.3. The van der Waals surface area contributed by atoms with Gasteiger partial charge in [-0.05, 0) is 17.7 Å². The molecule has 1 aromatic carbocycles. The first-order valence-corrected chi connectivity index (χ1v) is 10.2. The van der Waals surface area contributed by atoms with Crippen molar-refractivity contribution in [2.75, 3.05) is 46.1 Å². The number of amides is 2. The van der Waals surface area contributed by atoms with Gasteiger partial charge >= 0.3 is 0 Å². The van der Waals surface area contributed by atoms with E-state index in [1.807, 2.05) is 0 Å². The molecular weight excluding hydrogens is 358 g/mol. The van der Waals surface area contributed by atoms with E-state index in [0.717, 1.165) is 16.1 Å². The fourth-order valence-corrected chi connectivity index (χ4v) is 3.48. The Morgan fingerprint density at radius 3 is 2.08 bits per heavy atom. The third kappa shape index (κ3) is 5.43. The van der Waals surface area contributed by atoms with Crippen LogP contribution in [0.15, 0.2) is 24.3 Å². The fourth-order valence-electron chi connectivity index (χ4n) is 2.75. The van der Waals surface area contributed by atoms with E-state index < -0.39 is 10.0 Å². The molecule has 8 nitrogen and oxygen atoms in total. The number of hydrogen-bond acceptors (Lipinski definition) is 5. The molecular formula is C17H25N3O5S. The maximum atomic E-state index is 12.5. The zero-order chi connectivity index (χ0) is 19.3. The van der Waals surface area contributed by atoms with Crippen LogP contribution in [0.2, 0.25) is 0 Å². The third-order valence-electron chi connectivity index (χ3n) is 4.38. The predicted molar refractivity (Wildman–Crippen MR) is 97.1 cm³/mol. The second-order valence-corrected chi connectivity index (χ2v) is 8.25. The SMILES string of the molecule is COc1ccc(CN(CC(=O)N2CCN(C(C)=O)CC2)S(C)(=O)=O)cc1. The average Bonchev–Trinajstić information content (AvgIpc) is 2.61. The van der Waals surface area contributed by atoms with Crippen LogP contribution >= 0.6 is 0 Å². The first-order chi connectivity index (χ1) is 12.2. The smallest absolute Gasteiger partial charge is 0.238 e. The van der Waals surface area contributed by atoms with Crippen molar-refractivity contribution in [2.45, 2.75) is 13.5 Å². The van der Waals surface area contributed by atoms with E-state index >= 15 is 0 Å². The van der Waals surface area contributed by atoms with E-state index in [9.17, 15) is 18.0 Å². The van der Waals surface area contributed by atoms with Gasteiger partial charge in [-0.3, -0.25) is 9.59 Å². The molecule has 1 saturated heterocycles. The van der Waals surface area contributed by atoms with Crippen LogP contribution in [-0.2, 0) is 26.2 Å². The third-order valence-corrected chi connectivity index (χ3v) is 5.57. The summed E-state index contributed by atoms with van der Waals surface area (Å²) in [4.78, 5) is 27.2. The van der Waals surface area contributed by atoms with Gasteiger partial charge in [0.25, 0.3) is 0 Å². The van der Waals surface area contributed by atoms with E-state index in [0.29, 0.717) is 31.9 Å². The lowest BCUT2D eigenvalue weighted by atomic mass is 10.2. The Labute approximate surface area is 154 Å². The molecule has 0 spiro atoms. The Morgan fingerprint density at radius 2 is 1.62 bits per heavy atom. The highest BCUT2D eigenvalue weighted by Crippen LogP contribution is 2.15. The number of ether oxygens (including phenoxy) is 1. The lowest BCUT2D eigenvalue weighted by Crippen LogP contribution is -2.52. The number of benzene rings is 1. The molecule has 9 heteroatoms. The summed E-state index contributed by atoms with van der Waals surface area (Å²) >= 11 is 0. The van der Waals surface area contributed by atoms with Gasteiger partial charge in [-0.2, -0.15) is 4.31 Å². The number of hydrogen-bond donors (Lipinski definition) is 0. The second kappa shape index (κ2) is 8.50. The van der Waals surface area contributed by atoms with E-state index in [1.165, 1.54) is 6.92 Å². The van der Waals surface area contributed by atoms with Gasteiger partial charge in [-0.15, -0.1) is 0 Å². The van der Waals surface area contributed by atoms with Crippen molar-refractivity contribution >= 4 is 21.8 Å². The Bertz CT molecular complexity index is 740. The summed E-state index contributed by atoms with van der Waals surface area (Å²) in [6.07, 6.45) is 1.09. The molecule has 144 valence electrons. The molecule has 0 radical (unpaired) electrons. The minimum absolute atomic E-state index is 0.0191. The molecule has 0 atom stereocenters. The Hall–Kier alpha value is -2.13. The maximum Gasteiger partial charge on any atom is 0.238 e. The van der Waals surface area contributed by atoms with Crippen molar-refractivity contribution in [3.05, 3.63) is 29.8 Å². The van der Waals surface area contributed by atoms with Gasteiger partial charge < -0.3 is 14.5 Å². The first kappa shape index (κ1) is 20.2. The number of methoxy groups -OCH3 is 1. The molecule has 1 aliphatic heterocycles. The molecule has 1 fully saturated rings. The second-order valence-electron chi connectivity index (χ2n) is 6.27. The molecule has 0 saturated carbocycles. The molecule has 0 unspecified atom stereocenters. The summed E-state index contributed by atoms with van der Waals surface area (Å²) in [6, 6.07) is 7.04. The average molecular weight is 383 g/mol. The molecule has 0 bridgehead atoms. The van der Waals surface area contributed by atoms with Gasteiger partial charge in [-0.25, -0.2) is 8.42 Å². The number of rotatable bonds is 6. The highest BCUT2D eigenvalue weighted by Gasteiger charge is 2.27. The van der Waals surface area contributed by atoms with Crippen LogP contribution in [0.25, 0.3) is 0 Å². The Balaban J connectivity index is 2.01. The topological polar surface area (TPSA) is 87.2 Å². The molecule has 1 aliphatic rings. The van der Waals surface area contributed by atoms with E-state index in [1.54, 1.807) is 41.2 Å². The monoisotopic (exact) mass is 383 g/mol. The minimum atomic E-state index is -3.55. The minimum Gasteiger partial charge on any atom is -0.497 e. The van der Waals surface area contributed by atoms with Crippen molar-refractivity contribution in [3.8, 4) is 5.75 Å². The van der Waals surface area contributed by atoms with Crippen LogP contribution in [-0.4, -0.2) is 80.4 Å². The summed E-state index contributed by atoms with van der Waals surface area (Å²) < 4.78 is 30.4. The van der Waals surface area contributed by atoms with Crippen molar-refractivity contribution in [2.24, 2.45) is 0 Å². The van der Waals surface area contributed by atoms with Crippen molar-refractivity contribution < 1.29 is 22.7 Å². The fraction of sp³-hybridized carbons (Fsp3) is 0.529. The molecule has 1 aromatic rings. The van der Waals surface area contributed by atoms with E-state index in [2.05, 4.69) is 0 Å². The maximum absolute atomic E-state index is 12.5. The van der Waals surface area contributed by atoms with Gasteiger partial charge in [0.05, 0.1) is 19.9 Å². The summed E-state index contributed by atoms with van der Waals surface area (Å²) in [6.45, 7) is 3.17. The summed E-state index contributed by atoms with van der Waals surface area (Å²) in [5, 5.41) is 0. The normalized spacial score (nSPS) is 15.2. The highest BCUT2D eigenvalue weighted by atomic mass is 32.2. The predicted octanol–water partition coefficient (Wildman–Crippen LogP) is 0.148. The van der Waals surface area contributed by atoms with Crippen molar-refractivity contribution in [3.63, 3.8) is 0 Å². The van der Waals surface area contributed by atoms with E-state index in [4.69, 9.17) is 4.74 Å². The molecule has 2 amide bonds. The van der Waals surface area contributed by atoms with Gasteiger partial charge in [-0.1, -0.05) is 12.1 Å². The van der Waals surface area contributed by atoms with Gasteiger partial charge in [0.2, 0.25) is 21.8 Å². The van der Waals surface area contributed by atoms with E-state index in [-0.39, 0.29) is 24.9 Å². The summed E-state index contributed by atoms with van der Waals surface area (Å²) in [5.74, 6) is 0.403. The number of sulfonamides is 1. The van der Waals surface area contributed by atoms with Crippen LogP contribution in [0.1, 0.15) is 12.5 Å². The standard InChI is InChI=1S/C17H25N3O5S/c1-14(21)18-8-10-19(11-9-18)17(22)13-20(26(3,23)24)12-15-4-6-16(25-2)7-5-15/h4-7H,8-13H2,1-3H3. The van der Waals surface area contributed by atoms with Crippen molar-refractivity contribution in [1.29, 1.82) is 0 Å². The Kier molecular flexibility index (Phi) is 6.60. The number of nitrogens with zero attached hydrogens (tertiary/aromatic N) is 3. The molecule has 0 aliphatic carbocycles. The quantitative estimate of drug-likeness (QED) is 0.698. The summed E-state index contributed by atoms with van der Waals surface area (Å²) in [5.41, 5.74) is 0.769. The molecule has 1 heterocycles. The van der Waals surface area contributed by atoms with Crippen LogP contribution in [0.4, 0.5) is 0 Å². The molecule has 0 N–H and O–H groups in total. The number of carbonyl (C=O) groups is 2.